The number of carbonyl (C=O) groups is 1. The monoisotopic (exact) mass is 444 g/mol. The molecule has 0 amide bonds. The maximum Gasteiger partial charge on any atom is 0.317 e. The van der Waals surface area contributed by atoms with Crippen LogP contribution in [0.3, 0.4) is 0 Å². The Hall–Kier alpha value is -3.88. The highest BCUT2D eigenvalue weighted by atomic mass is 16.5. The largest absolute Gasteiger partial charge is 0.480 e. The van der Waals surface area contributed by atoms with Gasteiger partial charge < -0.3 is 19.7 Å². The lowest BCUT2D eigenvalue weighted by Crippen LogP contribution is -2.22. The van der Waals surface area contributed by atoms with Crippen molar-refractivity contribution in [1.29, 1.82) is 0 Å². The second-order valence-electron chi connectivity index (χ2n) is 7.58. The average molecular weight is 444 g/mol. The zero-order chi connectivity index (χ0) is 23.2. The predicted molar refractivity (Wildman–Crippen MR) is 123 cm³/mol. The summed E-state index contributed by atoms with van der Waals surface area (Å²) >= 11 is 0. The van der Waals surface area contributed by atoms with Crippen LogP contribution in [0.1, 0.15) is 16.8 Å². The number of carboxylic acid groups (broad SMARTS) is 1. The van der Waals surface area contributed by atoms with Crippen molar-refractivity contribution < 1.29 is 19.2 Å². The zero-order valence-corrected chi connectivity index (χ0v) is 18.4. The van der Waals surface area contributed by atoms with E-state index in [-0.39, 0.29) is 6.54 Å². The third-order valence-electron chi connectivity index (χ3n) is 5.18. The molecule has 0 bridgehead atoms. The molecule has 0 atom stereocenters. The van der Waals surface area contributed by atoms with E-state index < -0.39 is 5.97 Å². The predicted octanol–water partition coefficient (Wildman–Crippen LogP) is 4.09. The van der Waals surface area contributed by atoms with Crippen LogP contribution in [0, 0.1) is 6.92 Å². The zero-order valence-electron chi connectivity index (χ0n) is 18.4. The van der Waals surface area contributed by atoms with Crippen LogP contribution in [0.4, 0.5) is 0 Å². The van der Waals surface area contributed by atoms with Gasteiger partial charge in [0.05, 0.1) is 18.8 Å². The van der Waals surface area contributed by atoms with Crippen molar-refractivity contribution >= 4 is 5.97 Å². The molecule has 4 rings (SSSR count). The Bertz CT molecular complexity index is 1250. The summed E-state index contributed by atoms with van der Waals surface area (Å²) in [6.45, 7) is 2.79. The fraction of sp³-hybridized carbons (Fsp3) is 0.200. The standard InChI is InChI=1S/C25H24N4O4/c1-16-5-3-4-6-21(16)22-10-8-17(11-19(22)15-32-2)25-28-24(29-33-25)18-7-9-20(27-12-18)13-26-14-23(30)31/h3-12,26H,13-15H2,1-2H3,(H,30,31). The first kappa shape index (κ1) is 22.3. The molecule has 0 saturated carbocycles. The van der Waals surface area contributed by atoms with Gasteiger partial charge in [0.2, 0.25) is 5.82 Å². The fourth-order valence-corrected chi connectivity index (χ4v) is 3.56. The van der Waals surface area contributed by atoms with E-state index in [1.54, 1.807) is 19.4 Å². The van der Waals surface area contributed by atoms with Gasteiger partial charge in [-0.2, -0.15) is 4.98 Å². The van der Waals surface area contributed by atoms with Gasteiger partial charge in [-0.25, -0.2) is 0 Å². The number of rotatable bonds is 9. The molecule has 168 valence electrons. The number of nitrogens with zero attached hydrogens (tertiary/aromatic N) is 3. The van der Waals surface area contributed by atoms with E-state index in [1.165, 1.54) is 5.56 Å². The van der Waals surface area contributed by atoms with E-state index in [0.29, 0.717) is 30.4 Å². The molecular weight excluding hydrogens is 420 g/mol. The minimum absolute atomic E-state index is 0.120. The molecule has 2 N–H and O–H groups in total. The summed E-state index contributed by atoms with van der Waals surface area (Å²) in [4.78, 5) is 19.5. The SMILES string of the molecule is COCc1cc(-c2nc(-c3ccc(CNCC(=O)O)nc3)no2)ccc1-c1ccccc1C. The molecule has 0 saturated heterocycles. The van der Waals surface area contributed by atoms with Crippen LogP contribution in [0.15, 0.2) is 65.3 Å². The summed E-state index contributed by atoms with van der Waals surface area (Å²) in [5.41, 5.74) is 6.72. The van der Waals surface area contributed by atoms with Crippen molar-refractivity contribution in [2.24, 2.45) is 0 Å². The Balaban J connectivity index is 1.56. The van der Waals surface area contributed by atoms with Gasteiger partial charge in [-0.15, -0.1) is 0 Å². The van der Waals surface area contributed by atoms with Crippen LogP contribution >= 0.6 is 0 Å². The number of benzene rings is 2. The number of pyridine rings is 1. The molecule has 0 aliphatic carbocycles. The highest BCUT2D eigenvalue weighted by molar-refractivity contribution is 5.74. The summed E-state index contributed by atoms with van der Waals surface area (Å²) in [5, 5.41) is 15.6. The van der Waals surface area contributed by atoms with Crippen LogP contribution in [-0.4, -0.2) is 39.9 Å². The maximum absolute atomic E-state index is 10.6. The van der Waals surface area contributed by atoms with Gasteiger partial charge in [0, 0.05) is 31.0 Å². The fourth-order valence-electron chi connectivity index (χ4n) is 3.56. The van der Waals surface area contributed by atoms with Crippen LogP contribution < -0.4 is 5.32 Å². The highest BCUT2D eigenvalue weighted by Crippen LogP contribution is 2.31. The van der Waals surface area contributed by atoms with Gasteiger partial charge in [-0.1, -0.05) is 35.5 Å². The Morgan fingerprint density at radius 2 is 1.91 bits per heavy atom. The molecule has 8 nitrogen and oxygen atoms in total. The Labute approximate surface area is 191 Å². The summed E-state index contributed by atoms with van der Waals surface area (Å²) in [6.07, 6.45) is 1.64. The molecule has 0 aliphatic rings. The van der Waals surface area contributed by atoms with Gasteiger partial charge in [0.1, 0.15) is 0 Å². The van der Waals surface area contributed by atoms with Crippen molar-refractivity contribution in [3.05, 3.63) is 77.6 Å². The summed E-state index contributed by atoms with van der Waals surface area (Å²) in [7, 11) is 1.67. The summed E-state index contributed by atoms with van der Waals surface area (Å²) < 4.78 is 11.0. The molecule has 0 unspecified atom stereocenters. The van der Waals surface area contributed by atoms with E-state index in [1.807, 2.05) is 30.3 Å². The maximum atomic E-state index is 10.6. The van der Waals surface area contributed by atoms with Crippen LogP contribution in [0.25, 0.3) is 34.0 Å². The molecule has 2 heterocycles. The third kappa shape index (κ3) is 5.31. The number of aryl methyl sites for hydroxylation is 1. The topological polar surface area (TPSA) is 110 Å². The van der Waals surface area contributed by atoms with Gasteiger partial charge in [0.25, 0.3) is 5.89 Å². The second-order valence-corrected chi connectivity index (χ2v) is 7.58. The Morgan fingerprint density at radius 3 is 2.64 bits per heavy atom. The number of ether oxygens (including phenoxy) is 1. The molecule has 0 aliphatic heterocycles. The third-order valence-corrected chi connectivity index (χ3v) is 5.18. The molecule has 2 aromatic carbocycles. The number of carboxylic acids is 1. The number of methoxy groups -OCH3 is 1. The number of aliphatic carboxylic acids is 1. The number of hydrogen-bond donors (Lipinski definition) is 2. The molecular formula is C25H24N4O4. The van der Waals surface area contributed by atoms with Crippen LogP contribution in [-0.2, 0) is 22.7 Å². The van der Waals surface area contributed by atoms with Crippen molar-refractivity contribution in [3.8, 4) is 34.0 Å². The average Bonchev–Trinajstić information content (AvgIpc) is 3.30. The van der Waals surface area contributed by atoms with E-state index >= 15 is 0 Å². The minimum Gasteiger partial charge on any atom is -0.480 e. The molecule has 2 aromatic heterocycles. The first-order valence-corrected chi connectivity index (χ1v) is 10.4. The summed E-state index contributed by atoms with van der Waals surface area (Å²) in [5.74, 6) is -0.0729. The van der Waals surface area contributed by atoms with Crippen molar-refractivity contribution in [3.63, 3.8) is 0 Å². The van der Waals surface area contributed by atoms with Crippen LogP contribution in [0.5, 0.6) is 0 Å². The lowest BCUT2D eigenvalue weighted by molar-refractivity contribution is -0.136. The molecule has 0 spiro atoms. The van der Waals surface area contributed by atoms with Crippen molar-refractivity contribution in [2.75, 3.05) is 13.7 Å². The van der Waals surface area contributed by atoms with Crippen LogP contribution in [0.2, 0.25) is 0 Å². The summed E-state index contributed by atoms with van der Waals surface area (Å²) in [6, 6.07) is 17.9. The smallest absolute Gasteiger partial charge is 0.317 e. The first-order valence-electron chi connectivity index (χ1n) is 10.4. The van der Waals surface area contributed by atoms with E-state index in [4.69, 9.17) is 14.4 Å². The first-order chi connectivity index (χ1) is 16.0. The molecule has 0 fully saturated rings. The van der Waals surface area contributed by atoms with Gasteiger partial charge in [0.15, 0.2) is 0 Å². The second kappa shape index (κ2) is 10.2. The Kier molecular flexibility index (Phi) is 6.87. The highest BCUT2D eigenvalue weighted by Gasteiger charge is 2.15. The van der Waals surface area contributed by atoms with Crippen molar-refractivity contribution in [2.45, 2.75) is 20.1 Å². The number of aromatic nitrogens is 3. The van der Waals surface area contributed by atoms with Gasteiger partial charge >= 0.3 is 5.97 Å². The lowest BCUT2D eigenvalue weighted by Gasteiger charge is -2.12. The minimum atomic E-state index is -0.911. The van der Waals surface area contributed by atoms with Gasteiger partial charge in [-0.3, -0.25) is 9.78 Å². The number of hydrogen-bond acceptors (Lipinski definition) is 7. The Morgan fingerprint density at radius 1 is 1.09 bits per heavy atom. The molecule has 0 radical (unpaired) electrons. The van der Waals surface area contributed by atoms with Crippen molar-refractivity contribution in [1.82, 2.24) is 20.4 Å². The molecule has 8 heteroatoms. The molecule has 4 aromatic rings. The normalized spacial score (nSPS) is 11.0. The lowest BCUT2D eigenvalue weighted by atomic mass is 9.94. The number of nitrogens with one attached hydrogen (secondary N) is 1. The quantitative estimate of drug-likeness (QED) is 0.397. The molecule has 33 heavy (non-hydrogen) atoms. The van der Waals surface area contributed by atoms with E-state index in [9.17, 15) is 4.79 Å². The van der Waals surface area contributed by atoms with E-state index in [0.717, 1.165) is 27.9 Å². The van der Waals surface area contributed by atoms with Gasteiger partial charge in [-0.05, 0) is 53.4 Å². The van der Waals surface area contributed by atoms with E-state index in [2.05, 4.69) is 45.6 Å².